The minimum atomic E-state index is -4.16. The number of hydrogen-bond acceptors (Lipinski definition) is 6. The molecule has 0 amide bonds. The third-order valence-electron chi connectivity index (χ3n) is 2.04. The maximum atomic E-state index is 13.9. The Hall–Kier alpha value is -0.970. The zero-order chi connectivity index (χ0) is 14.2. The Bertz CT molecular complexity index is 723. The van der Waals surface area contributed by atoms with Gasteiger partial charge in [-0.2, -0.15) is 0 Å². The topological polar surface area (TPSA) is 98.0 Å². The molecule has 2 aromatic rings. The lowest BCUT2D eigenvalue weighted by Gasteiger charge is -2.10. The summed E-state index contributed by atoms with van der Waals surface area (Å²) in [5, 5.41) is 3.60. The van der Waals surface area contributed by atoms with Crippen LogP contribution in [0.4, 0.5) is 15.1 Å². The minimum Gasteiger partial charge on any atom is -0.395 e. The number of nitrogens with one attached hydrogen (secondary N) is 1. The van der Waals surface area contributed by atoms with E-state index in [9.17, 15) is 12.8 Å². The Labute approximate surface area is 125 Å². The number of hydrogen-bond donors (Lipinski definition) is 2. The molecule has 102 valence electrons. The molecule has 6 nitrogen and oxygen atoms in total. The van der Waals surface area contributed by atoms with Crippen LogP contribution in [0.3, 0.4) is 0 Å². The number of nitrogen functional groups attached to an aromatic ring is 1. The van der Waals surface area contributed by atoms with Crippen LogP contribution >= 0.6 is 39.1 Å². The highest BCUT2D eigenvalue weighted by atomic mass is 79.9. The van der Waals surface area contributed by atoms with E-state index < -0.39 is 20.7 Å². The lowest BCUT2D eigenvalue weighted by atomic mass is 10.3. The van der Waals surface area contributed by atoms with E-state index in [0.29, 0.717) is 0 Å². The lowest BCUT2D eigenvalue weighted by Crippen LogP contribution is -2.15. The number of anilines is 2. The van der Waals surface area contributed by atoms with Crippen molar-refractivity contribution in [1.29, 1.82) is 0 Å². The van der Waals surface area contributed by atoms with Crippen molar-refractivity contribution in [1.82, 2.24) is 9.59 Å². The van der Waals surface area contributed by atoms with Crippen molar-refractivity contribution < 1.29 is 12.8 Å². The molecule has 2 rings (SSSR count). The highest BCUT2D eigenvalue weighted by molar-refractivity contribution is 9.10. The Balaban J connectivity index is 2.52. The SMILES string of the molecule is Nc1c(F)c(S(=O)(=O)Nc2cnns2)cc(Cl)c1Br. The average Bonchev–Trinajstić information content (AvgIpc) is 2.83. The fraction of sp³-hybridized carbons (Fsp3) is 0. The van der Waals surface area contributed by atoms with E-state index in [4.69, 9.17) is 17.3 Å². The van der Waals surface area contributed by atoms with Gasteiger partial charge in [0.1, 0.15) is 9.90 Å². The average molecular weight is 388 g/mol. The van der Waals surface area contributed by atoms with Crippen LogP contribution in [-0.2, 0) is 10.0 Å². The Kier molecular flexibility index (Phi) is 3.95. The van der Waals surface area contributed by atoms with Crippen LogP contribution in [0.25, 0.3) is 0 Å². The largest absolute Gasteiger partial charge is 0.395 e. The van der Waals surface area contributed by atoms with Gasteiger partial charge >= 0.3 is 0 Å². The normalized spacial score (nSPS) is 11.5. The third-order valence-corrected chi connectivity index (χ3v) is 5.50. The van der Waals surface area contributed by atoms with Crippen molar-refractivity contribution in [2.24, 2.45) is 0 Å². The lowest BCUT2D eigenvalue weighted by molar-refractivity contribution is 0.572. The van der Waals surface area contributed by atoms with Gasteiger partial charge in [0.05, 0.1) is 21.4 Å². The van der Waals surface area contributed by atoms with E-state index in [0.717, 1.165) is 17.6 Å². The van der Waals surface area contributed by atoms with Crippen molar-refractivity contribution in [2.75, 3.05) is 10.5 Å². The summed E-state index contributed by atoms with van der Waals surface area (Å²) in [7, 11) is -4.16. The van der Waals surface area contributed by atoms with Crippen molar-refractivity contribution in [3.05, 3.63) is 27.6 Å². The van der Waals surface area contributed by atoms with Crippen LogP contribution < -0.4 is 10.5 Å². The maximum Gasteiger partial charge on any atom is 0.265 e. The number of nitrogens with zero attached hydrogens (tertiary/aromatic N) is 2. The monoisotopic (exact) mass is 386 g/mol. The van der Waals surface area contributed by atoms with E-state index in [-0.39, 0.29) is 20.2 Å². The number of halogens is 3. The van der Waals surface area contributed by atoms with Crippen molar-refractivity contribution >= 4 is 59.8 Å². The first-order chi connectivity index (χ1) is 8.83. The molecule has 0 aliphatic carbocycles. The van der Waals surface area contributed by atoms with E-state index in [2.05, 4.69) is 30.2 Å². The first-order valence-electron chi connectivity index (χ1n) is 4.56. The van der Waals surface area contributed by atoms with Crippen LogP contribution in [0.2, 0.25) is 5.02 Å². The van der Waals surface area contributed by atoms with Crippen molar-refractivity contribution in [2.45, 2.75) is 4.90 Å². The predicted octanol–water partition coefficient (Wildman–Crippen LogP) is 2.48. The second-order valence-electron chi connectivity index (χ2n) is 3.29. The van der Waals surface area contributed by atoms with Gasteiger partial charge in [-0.05, 0) is 22.0 Å². The molecule has 0 unspecified atom stereocenters. The summed E-state index contributed by atoms with van der Waals surface area (Å²) in [4.78, 5) is -0.647. The van der Waals surface area contributed by atoms with Crippen LogP contribution in [0.15, 0.2) is 21.6 Å². The summed E-state index contributed by atoms with van der Waals surface area (Å²) < 4.78 is 43.6. The molecule has 0 saturated heterocycles. The van der Waals surface area contributed by atoms with Crippen LogP contribution in [0, 0.1) is 5.82 Å². The predicted molar refractivity (Wildman–Crippen MR) is 74.2 cm³/mol. The van der Waals surface area contributed by atoms with Gasteiger partial charge in [-0.15, -0.1) is 5.10 Å². The number of benzene rings is 1. The van der Waals surface area contributed by atoms with Gasteiger partial charge in [0.25, 0.3) is 10.0 Å². The van der Waals surface area contributed by atoms with Gasteiger partial charge in [-0.25, -0.2) is 12.8 Å². The Morgan fingerprint density at radius 3 is 2.79 bits per heavy atom. The molecule has 1 aromatic heterocycles. The highest BCUT2D eigenvalue weighted by Crippen LogP contribution is 2.35. The molecule has 0 atom stereocenters. The molecular formula is C8H5BrClFN4O2S2. The number of nitrogens with two attached hydrogens (primary N) is 1. The first kappa shape index (κ1) is 14.4. The van der Waals surface area contributed by atoms with Crippen LogP contribution in [0.5, 0.6) is 0 Å². The molecule has 19 heavy (non-hydrogen) atoms. The summed E-state index contributed by atoms with van der Waals surface area (Å²) in [5.41, 5.74) is 5.05. The van der Waals surface area contributed by atoms with Crippen LogP contribution in [-0.4, -0.2) is 18.0 Å². The Morgan fingerprint density at radius 2 is 2.21 bits per heavy atom. The minimum absolute atomic E-state index is 0.0123. The molecule has 1 aromatic carbocycles. The maximum absolute atomic E-state index is 13.9. The molecule has 0 aliphatic heterocycles. The van der Waals surface area contributed by atoms with Gasteiger partial charge in [-0.3, -0.25) is 4.72 Å². The van der Waals surface area contributed by atoms with E-state index in [1.54, 1.807) is 0 Å². The fourth-order valence-corrected chi connectivity index (χ4v) is 3.56. The second-order valence-corrected chi connectivity index (χ2v) is 6.92. The fourth-order valence-electron chi connectivity index (χ4n) is 1.19. The molecule has 0 spiro atoms. The van der Waals surface area contributed by atoms with Gasteiger partial charge < -0.3 is 5.73 Å². The summed E-state index contributed by atoms with van der Waals surface area (Å²) in [6.45, 7) is 0. The summed E-state index contributed by atoms with van der Waals surface area (Å²) in [5.74, 6) is -1.08. The van der Waals surface area contributed by atoms with E-state index >= 15 is 0 Å². The molecule has 0 aliphatic rings. The first-order valence-corrected chi connectivity index (χ1v) is 7.99. The number of aromatic nitrogens is 2. The summed E-state index contributed by atoms with van der Waals surface area (Å²) in [6.07, 6.45) is 1.20. The number of sulfonamides is 1. The molecule has 0 fully saturated rings. The summed E-state index contributed by atoms with van der Waals surface area (Å²) in [6, 6.07) is 0.966. The van der Waals surface area contributed by atoms with E-state index in [1.807, 2.05) is 0 Å². The quantitative estimate of drug-likeness (QED) is 0.623. The summed E-state index contributed by atoms with van der Waals surface area (Å²) >= 11 is 9.55. The zero-order valence-corrected chi connectivity index (χ0v) is 12.9. The molecule has 0 saturated carbocycles. The molecule has 0 bridgehead atoms. The number of rotatable bonds is 3. The third kappa shape index (κ3) is 2.81. The molecule has 0 radical (unpaired) electrons. The Morgan fingerprint density at radius 1 is 1.53 bits per heavy atom. The van der Waals surface area contributed by atoms with Gasteiger partial charge in [0.15, 0.2) is 5.82 Å². The van der Waals surface area contributed by atoms with Crippen molar-refractivity contribution in [3.63, 3.8) is 0 Å². The second kappa shape index (κ2) is 5.19. The molecular weight excluding hydrogens is 383 g/mol. The van der Waals surface area contributed by atoms with Crippen molar-refractivity contribution in [3.8, 4) is 0 Å². The van der Waals surface area contributed by atoms with Crippen LogP contribution in [0.1, 0.15) is 0 Å². The zero-order valence-electron chi connectivity index (χ0n) is 8.89. The molecule has 3 N–H and O–H groups in total. The highest BCUT2D eigenvalue weighted by Gasteiger charge is 2.24. The molecule has 1 heterocycles. The van der Waals surface area contributed by atoms with E-state index in [1.165, 1.54) is 6.20 Å². The smallest absolute Gasteiger partial charge is 0.265 e. The molecule has 11 heteroatoms. The van der Waals surface area contributed by atoms with Gasteiger partial charge in [-0.1, -0.05) is 16.1 Å². The van der Waals surface area contributed by atoms with Gasteiger partial charge in [0, 0.05) is 11.5 Å². The standard InChI is InChI=1S/C8H5BrClFN4O2S2/c9-6-3(10)1-4(7(11)8(6)12)19(16,17)14-5-2-13-15-18-5/h1-2,14H,12H2. The van der Waals surface area contributed by atoms with Gasteiger partial charge in [0.2, 0.25) is 0 Å².